The van der Waals surface area contributed by atoms with E-state index in [2.05, 4.69) is 5.32 Å². The van der Waals surface area contributed by atoms with E-state index in [1.54, 1.807) is 25.1 Å². The molecule has 0 saturated heterocycles. The van der Waals surface area contributed by atoms with Gasteiger partial charge in [-0.2, -0.15) is 0 Å². The van der Waals surface area contributed by atoms with E-state index in [-0.39, 0.29) is 12.5 Å². The van der Waals surface area contributed by atoms with E-state index in [0.29, 0.717) is 17.1 Å². The molecule has 0 radical (unpaired) electrons. The second-order valence-corrected chi connectivity index (χ2v) is 7.29. The molecular formula is C21H22ClNO4. The van der Waals surface area contributed by atoms with Crippen molar-refractivity contribution in [2.24, 2.45) is 5.92 Å². The van der Waals surface area contributed by atoms with E-state index in [1.807, 2.05) is 32.0 Å². The van der Waals surface area contributed by atoms with Crippen molar-refractivity contribution in [3.63, 3.8) is 0 Å². The van der Waals surface area contributed by atoms with E-state index in [0.717, 1.165) is 22.4 Å². The molecule has 6 heteroatoms. The Hall–Kier alpha value is -2.53. The fourth-order valence-electron chi connectivity index (χ4n) is 2.94. The van der Waals surface area contributed by atoms with Gasteiger partial charge in [0, 0.05) is 10.7 Å². The van der Waals surface area contributed by atoms with Crippen LogP contribution in [0.3, 0.4) is 0 Å². The quantitative estimate of drug-likeness (QED) is 0.803. The third-order valence-electron chi connectivity index (χ3n) is 4.58. The molecule has 2 aromatic carbocycles. The molecule has 1 aliphatic heterocycles. The lowest BCUT2D eigenvalue weighted by Crippen LogP contribution is -2.36. The Morgan fingerprint density at radius 2 is 2.00 bits per heavy atom. The highest BCUT2D eigenvalue weighted by Gasteiger charge is 2.30. The second-order valence-electron chi connectivity index (χ2n) is 6.85. The summed E-state index contributed by atoms with van der Waals surface area (Å²) in [5, 5.41) is 3.41. The van der Waals surface area contributed by atoms with Crippen molar-refractivity contribution in [2.45, 2.75) is 33.3 Å². The van der Waals surface area contributed by atoms with E-state index in [1.165, 1.54) is 0 Å². The fraction of sp³-hybridized carbons (Fsp3) is 0.333. The predicted octanol–water partition coefficient (Wildman–Crippen LogP) is 4.08. The molecule has 0 unspecified atom stereocenters. The van der Waals surface area contributed by atoms with Crippen LogP contribution in [-0.2, 0) is 20.7 Å². The minimum absolute atomic E-state index is 0.221. The normalized spacial score (nSPS) is 16.7. The molecule has 0 fully saturated rings. The van der Waals surface area contributed by atoms with Gasteiger partial charge in [0.25, 0.3) is 5.91 Å². The number of esters is 1. The van der Waals surface area contributed by atoms with Gasteiger partial charge in [-0.3, -0.25) is 9.59 Å². The summed E-state index contributed by atoms with van der Waals surface area (Å²) in [4.78, 5) is 24.9. The smallest absolute Gasteiger partial charge is 0.313 e. The van der Waals surface area contributed by atoms with E-state index in [4.69, 9.17) is 21.1 Å². The summed E-state index contributed by atoms with van der Waals surface area (Å²) in [5.74, 6) is -0.558. The lowest BCUT2D eigenvalue weighted by Gasteiger charge is -2.25. The maximum absolute atomic E-state index is 12.5. The number of anilines is 1. The first-order valence-electron chi connectivity index (χ1n) is 8.83. The van der Waals surface area contributed by atoms with Crippen molar-refractivity contribution in [2.75, 3.05) is 11.9 Å². The van der Waals surface area contributed by atoms with Crippen LogP contribution in [0, 0.1) is 19.8 Å². The first-order chi connectivity index (χ1) is 12.8. The number of rotatable bonds is 4. The number of nitrogens with one attached hydrogen (secondary N) is 1. The van der Waals surface area contributed by atoms with Crippen molar-refractivity contribution in [3.05, 3.63) is 58.1 Å². The van der Waals surface area contributed by atoms with Crippen LogP contribution in [0.4, 0.5) is 5.69 Å². The molecular weight excluding hydrogens is 366 g/mol. The Morgan fingerprint density at radius 3 is 2.78 bits per heavy atom. The Kier molecular flexibility index (Phi) is 5.71. The van der Waals surface area contributed by atoms with Gasteiger partial charge in [-0.1, -0.05) is 23.7 Å². The average Bonchev–Trinajstić information content (AvgIpc) is 2.63. The zero-order valence-electron chi connectivity index (χ0n) is 15.5. The maximum Gasteiger partial charge on any atom is 0.313 e. The molecule has 5 nitrogen and oxygen atoms in total. The number of hydrogen-bond donors (Lipinski definition) is 1. The van der Waals surface area contributed by atoms with Gasteiger partial charge in [-0.05, 0) is 68.1 Å². The van der Waals surface area contributed by atoms with Gasteiger partial charge in [0.05, 0.1) is 5.92 Å². The fourth-order valence-corrected chi connectivity index (χ4v) is 3.14. The van der Waals surface area contributed by atoms with Gasteiger partial charge in [0.1, 0.15) is 12.4 Å². The average molecular weight is 388 g/mol. The van der Waals surface area contributed by atoms with Crippen LogP contribution in [0.2, 0.25) is 5.02 Å². The minimum Gasteiger partial charge on any atom is -0.492 e. The van der Waals surface area contributed by atoms with Crippen LogP contribution in [-0.4, -0.2) is 24.6 Å². The minimum atomic E-state index is -0.904. The van der Waals surface area contributed by atoms with Gasteiger partial charge >= 0.3 is 5.97 Å². The third kappa shape index (κ3) is 4.61. The van der Waals surface area contributed by atoms with Crippen molar-refractivity contribution in [3.8, 4) is 5.75 Å². The van der Waals surface area contributed by atoms with Gasteiger partial charge in [0.15, 0.2) is 6.10 Å². The number of halogens is 1. The number of carbonyl (C=O) groups is 2. The molecule has 1 N–H and O–H groups in total. The van der Waals surface area contributed by atoms with Crippen molar-refractivity contribution < 1.29 is 19.1 Å². The standard InChI is InChI=1S/C21H22ClNO4/c1-12-4-5-13(2)18(8-12)23-20(24)14(3)27-21(25)16-9-15-10-17(22)6-7-19(15)26-11-16/h4-8,10,14,16H,9,11H2,1-3H3,(H,23,24)/t14-,16+/m0/s1. The monoisotopic (exact) mass is 387 g/mol. The van der Waals surface area contributed by atoms with Gasteiger partial charge < -0.3 is 14.8 Å². The summed E-state index contributed by atoms with van der Waals surface area (Å²) in [6.45, 7) is 5.64. The number of carbonyl (C=O) groups excluding carboxylic acids is 2. The zero-order valence-corrected chi connectivity index (χ0v) is 16.3. The molecule has 1 heterocycles. The molecule has 142 valence electrons. The van der Waals surface area contributed by atoms with E-state index >= 15 is 0 Å². The molecule has 2 aromatic rings. The largest absolute Gasteiger partial charge is 0.492 e. The molecule has 0 aliphatic carbocycles. The number of ether oxygens (including phenoxy) is 2. The van der Waals surface area contributed by atoms with Crippen LogP contribution >= 0.6 is 11.6 Å². The highest BCUT2D eigenvalue weighted by molar-refractivity contribution is 6.30. The maximum atomic E-state index is 12.5. The van der Waals surface area contributed by atoms with Crippen LogP contribution in [0.1, 0.15) is 23.6 Å². The van der Waals surface area contributed by atoms with Gasteiger partial charge in [0.2, 0.25) is 0 Å². The summed E-state index contributed by atoms with van der Waals surface area (Å²) >= 11 is 6.01. The number of aryl methyl sites for hydroxylation is 2. The van der Waals surface area contributed by atoms with Crippen molar-refractivity contribution >= 4 is 29.2 Å². The summed E-state index contributed by atoms with van der Waals surface area (Å²) in [6, 6.07) is 11.1. The van der Waals surface area contributed by atoms with Gasteiger partial charge in [-0.25, -0.2) is 0 Å². The molecule has 1 aliphatic rings. The number of amides is 1. The molecule has 0 spiro atoms. The molecule has 27 heavy (non-hydrogen) atoms. The highest BCUT2D eigenvalue weighted by atomic mass is 35.5. The van der Waals surface area contributed by atoms with E-state index in [9.17, 15) is 9.59 Å². The number of benzene rings is 2. The summed E-state index contributed by atoms with van der Waals surface area (Å²) < 4.78 is 11.0. The number of hydrogen-bond acceptors (Lipinski definition) is 4. The molecule has 2 atom stereocenters. The lowest BCUT2D eigenvalue weighted by atomic mass is 9.97. The van der Waals surface area contributed by atoms with Crippen LogP contribution in [0.5, 0.6) is 5.75 Å². The van der Waals surface area contributed by atoms with Crippen LogP contribution in [0.15, 0.2) is 36.4 Å². The third-order valence-corrected chi connectivity index (χ3v) is 4.81. The SMILES string of the molecule is Cc1ccc(C)c(NC(=O)[C@H](C)OC(=O)[C@H]2COc3ccc(Cl)cc3C2)c1. The molecule has 1 amide bonds. The van der Waals surface area contributed by atoms with Crippen LogP contribution in [0.25, 0.3) is 0 Å². The predicted molar refractivity (Wildman–Crippen MR) is 104 cm³/mol. The molecule has 0 aromatic heterocycles. The number of fused-ring (bicyclic) bond motifs is 1. The summed E-state index contributed by atoms with van der Waals surface area (Å²) in [5.41, 5.74) is 3.56. The van der Waals surface area contributed by atoms with Crippen molar-refractivity contribution in [1.29, 1.82) is 0 Å². The van der Waals surface area contributed by atoms with E-state index < -0.39 is 18.0 Å². The highest BCUT2D eigenvalue weighted by Crippen LogP contribution is 2.30. The first kappa shape index (κ1) is 19.2. The topological polar surface area (TPSA) is 64.6 Å². The Morgan fingerprint density at radius 1 is 1.22 bits per heavy atom. The molecule has 3 rings (SSSR count). The molecule has 0 bridgehead atoms. The van der Waals surface area contributed by atoms with Gasteiger partial charge in [-0.15, -0.1) is 0 Å². The second kappa shape index (κ2) is 8.01. The zero-order chi connectivity index (χ0) is 19.6. The van der Waals surface area contributed by atoms with Crippen molar-refractivity contribution in [1.82, 2.24) is 0 Å². The van der Waals surface area contributed by atoms with Crippen LogP contribution < -0.4 is 10.1 Å². The Bertz CT molecular complexity index is 880. The molecule has 0 saturated carbocycles. The summed E-state index contributed by atoms with van der Waals surface area (Å²) in [7, 11) is 0. The first-order valence-corrected chi connectivity index (χ1v) is 9.21. The Balaban J connectivity index is 1.60. The summed E-state index contributed by atoms with van der Waals surface area (Å²) in [6.07, 6.45) is -0.432. The Labute approximate surface area is 163 Å². The lowest BCUT2D eigenvalue weighted by molar-refractivity contribution is -0.158.